The van der Waals surface area contributed by atoms with E-state index in [1.54, 1.807) is 12.1 Å². The second-order valence-electron chi connectivity index (χ2n) is 9.29. The number of cyclic esters (lactones) is 1. The van der Waals surface area contributed by atoms with Crippen LogP contribution in [0.1, 0.15) is 50.4 Å². The topological polar surface area (TPSA) is 95.3 Å². The van der Waals surface area contributed by atoms with Gasteiger partial charge in [-0.3, -0.25) is 9.80 Å². The molecule has 0 amide bonds. The molecule has 0 aliphatic carbocycles. The van der Waals surface area contributed by atoms with Gasteiger partial charge in [-0.05, 0) is 30.2 Å². The smallest absolute Gasteiger partial charge is 0.338 e. The minimum atomic E-state index is -0.675. The van der Waals surface area contributed by atoms with Gasteiger partial charge in [0.05, 0.1) is 37.1 Å². The third kappa shape index (κ3) is 4.67. The number of piperazine rings is 1. The van der Waals surface area contributed by atoms with E-state index in [9.17, 15) is 14.3 Å². The van der Waals surface area contributed by atoms with E-state index in [0.717, 1.165) is 36.3 Å². The molecule has 36 heavy (non-hydrogen) atoms. The standard InChI is InChI=1S/C26H28FN3O5.ClH/c1-15-18(5-6-19-21(15)14-35-26(19)32)22(31)11-29-7-8-30-12-23(34-13-17(30)10-29)20-4-3-16(9-28)24(27)25(20)33-2;/h3-6,17,22-23,31H,7-8,10-14H2,1-2H3;1H/t17-,22+,23+;/m1./s1. The van der Waals surface area contributed by atoms with E-state index in [4.69, 9.17) is 19.5 Å². The van der Waals surface area contributed by atoms with Crippen LogP contribution >= 0.6 is 12.4 Å². The number of nitrogens with zero attached hydrogens (tertiary/aromatic N) is 3. The molecule has 3 heterocycles. The average Bonchev–Trinajstić information content (AvgIpc) is 3.25. The van der Waals surface area contributed by atoms with Gasteiger partial charge < -0.3 is 19.3 Å². The van der Waals surface area contributed by atoms with Crippen molar-refractivity contribution in [2.75, 3.05) is 46.4 Å². The third-order valence-corrected chi connectivity index (χ3v) is 7.38. The summed E-state index contributed by atoms with van der Waals surface area (Å²) in [5, 5.41) is 20.1. The summed E-state index contributed by atoms with van der Waals surface area (Å²) in [5.74, 6) is -0.905. The summed E-state index contributed by atoms with van der Waals surface area (Å²) in [6.45, 7) is 6.06. The molecule has 0 saturated carbocycles. The number of morpholine rings is 1. The number of hydrogen-bond acceptors (Lipinski definition) is 8. The van der Waals surface area contributed by atoms with Crippen molar-refractivity contribution in [2.24, 2.45) is 0 Å². The van der Waals surface area contributed by atoms with E-state index in [0.29, 0.717) is 30.8 Å². The maximum Gasteiger partial charge on any atom is 0.338 e. The summed E-state index contributed by atoms with van der Waals surface area (Å²) < 4.78 is 31.1. The van der Waals surface area contributed by atoms with E-state index in [-0.39, 0.29) is 48.4 Å². The third-order valence-electron chi connectivity index (χ3n) is 7.38. The van der Waals surface area contributed by atoms with Gasteiger partial charge in [-0.25, -0.2) is 9.18 Å². The first-order chi connectivity index (χ1) is 16.9. The fourth-order valence-electron chi connectivity index (χ4n) is 5.39. The van der Waals surface area contributed by atoms with Crippen LogP contribution in [0.2, 0.25) is 0 Å². The van der Waals surface area contributed by atoms with Gasteiger partial charge in [0.25, 0.3) is 0 Å². The van der Waals surface area contributed by atoms with E-state index in [1.165, 1.54) is 13.2 Å². The van der Waals surface area contributed by atoms with Crippen molar-refractivity contribution >= 4 is 18.4 Å². The monoisotopic (exact) mass is 517 g/mol. The van der Waals surface area contributed by atoms with Gasteiger partial charge in [0.2, 0.25) is 0 Å². The molecule has 0 radical (unpaired) electrons. The number of esters is 1. The van der Waals surface area contributed by atoms with Gasteiger partial charge in [-0.1, -0.05) is 12.1 Å². The lowest BCUT2D eigenvalue weighted by Gasteiger charge is -2.46. The lowest BCUT2D eigenvalue weighted by molar-refractivity contribution is -0.0943. The Morgan fingerprint density at radius 2 is 2.08 bits per heavy atom. The van der Waals surface area contributed by atoms with Gasteiger partial charge in [-0.2, -0.15) is 5.26 Å². The molecule has 3 aliphatic heterocycles. The quantitative estimate of drug-likeness (QED) is 0.605. The lowest BCUT2D eigenvalue weighted by Crippen LogP contribution is -2.58. The molecule has 0 spiro atoms. The summed E-state index contributed by atoms with van der Waals surface area (Å²) in [5.41, 5.74) is 3.72. The average molecular weight is 518 g/mol. The zero-order chi connectivity index (χ0) is 24.7. The summed E-state index contributed by atoms with van der Waals surface area (Å²) >= 11 is 0. The fraction of sp³-hybridized carbons (Fsp3) is 0.462. The second kappa shape index (κ2) is 10.7. The number of carbonyl (C=O) groups is 1. The van der Waals surface area contributed by atoms with Gasteiger partial charge >= 0.3 is 5.97 Å². The Hall–Kier alpha value is -2.74. The second-order valence-corrected chi connectivity index (χ2v) is 9.29. The van der Waals surface area contributed by atoms with Crippen LogP contribution in [0.25, 0.3) is 0 Å². The number of halogens is 2. The summed E-state index contributed by atoms with van der Waals surface area (Å²) in [6.07, 6.45) is -1.02. The molecule has 3 aliphatic rings. The largest absolute Gasteiger partial charge is 0.493 e. The molecule has 192 valence electrons. The summed E-state index contributed by atoms with van der Waals surface area (Å²) in [4.78, 5) is 16.4. The predicted octanol–water partition coefficient (Wildman–Crippen LogP) is 2.90. The first-order valence-corrected chi connectivity index (χ1v) is 11.7. The molecule has 3 atom stereocenters. The number of ether oxygens (including phenoxy) is 3. The number of nitriles is 1. The van der Waals surface area contributed by atoms with Crippen LogP contribution in [0.15, 0.2) is 24.3 Å². The number of rotatable bonds is 5. The van der Waals surface area contributed by atoms with E-state index < -0.39 is 11.9 Å². The number of benzene rings is 2. The number of carbonyl (C=O) groups excluding carboxylic acids is 1. The zero-order valence-corrected chi connectivity index (χ0v) is 21.0. The first-order valence-electron chi connectivity index (χ1n) is 11.7. The number of hydrogen-bond donors (Lipinski definition) is 1. The first kappa shape index (κ1) is 26.3. The van der Waals surface area contributed by atoms with E-state index in [1.807, 2.05) is 19.1 Å². The zero-order valence-electron chi connectivity index (χ0n) is 20.2. The van der Waals surface area contributed by atoms with Gasteiger partial charge in [0, 0.05) is 49.9 Å². The van der Waals surface area contributed by atoms with Crippen LogP contribution in [0, 0.1) is 24.1 Å². The van der Waals surface area contributed by atoms with Crippen molar-refractivity contribution in [1.82, 2.24) is 9.80 Å². The molecule has 2 aromatic carbocycles. The Balaban J connectivity index is 0.00000304. The molecule has 2 aromatic rings. The molecule has 0 bridgehead atoms. The molecule has 5 rings (SSSR count). The molecule has 8 nitrogen and oxygen atoms in total. The van der Waals surface area contributed by atoms with Crippen LogP contribution in [-0.4, -0.2) is 73.4 Å². The van der Waals surface area contributed by atoms with E-state index in [2.05, 4.69) is 9.80 Å². The van der Waals surface area contributed by atoms with Gasteiger partial charge in [0.15, 0.2) is 11.6 Å². The van der Waals surface area contributed by atoms with Gasteiger partial charge in [0.1, 0.15) is 12.7 Å². The van der Waals surface area contributed by atoms with Crippen LogP contribution in [0.5, 0.6) is 5.75 Å². The van der Waals surface area contributed by atoms with Crippen molar-refractivity contribution in [1.29, 1.82) is 5.26 Å². The molecule has 0 unspecified atom stereocenters. The normalized spacial score (nSPS) is 22.6. The highest BCUT2D eigenvalue weighted by molar-refractivity contribution is 5.93. The van der Waals surface area contributed by atoms with E-state index >= 15 is 0 Å². The number of aliphatic hydroxyl groups excluding tert-OH is 1. The van der Waals surface area contributed by atoms with Crippen molar-refractivity contribution in [2.45, 2.75) is 31.8 Å². The predicted molar refractivity (Wildman–Crippen MR) is 131 cm³/mol. The Morgan fingerprint density at radius 3 is 2.83 bits per heavy atom. The van der Waals surface area contributed by atoms with Crippen molar-refractivity contribution in [3.8, 4) is 11.8 Å². The summed E-state index contributed by atoms with van der Waals surface area (Å²) in [6, 6.07) is 8.73. The minimum absolute atomic E-state index is 0. The fourth-order valence-corrected chi connectivity index (χ4v) is 5.39. The van der Waals surface area contributed by atoms with Crippen LogP contribution in [0.3, 0.4) is 0 Å². The maximum absolute atomic E-state index is 14.6. The SMILES string of the molecule is COc1c([C@@H]2CN3CCN(C[C@H](O)c4ccc5c(c4C)COC5=O)C[C@@H]3CO2)ccc(C#N)c1F.Cl. The molecular formula is C26H29ClFN3O5. The molecule has 1 N–H and O–H groups in total. The maximum atomic E-state index is 14.6. The highest BCUT2D eigenvalue weighted by Gasteiger charge is 2.36. The highest BCUT2D eigenvalue weighted by atomic mass is 35.5. The van der Waals surface area contributed by atoms with Crippen LogP contribution < -0.4 is 4.74 Å². The Morgan fingerprint density at radius 1 is 1.28 bits per heavy atom. The highest BCUT2D eigenvalue weighted by Crippen LogP contribution is 2.36. The van der Waals surface area contributed by atoms with Crippen molar-refractivity contribution in [3.63, 3.8) is 0 Å². The van der Waals surface area contributed by atoms with Crippen LogP contribution in [-0.2, 0) is 16.1 Å². The van der Waals surface area contributed by atoms with Gasteiger partial charge in [-0.15, -0.1) is 12.4 Å². The number of aliphatic hydroxyl groups is 1. The molecule has 0 aromatic heterocycles. The Labute approximate surface area is 215 Å². The van der Waals surface area contributed by atoms with Crippen molar-refractivity contribution < 1.29 is 28.5 Å². The minimum Gasteiger partial charge on any atom is -0.493 e. The molecule has 2 fully saturated rings. The number of methoxy groups -OCH3 is 1. The summed E-state index contributed by atoms with van der Waals surface area (Å²) in [7, 11) is 1.40. The van der Waals surface area contributed by atoms with Crippen molar-refractivity contribution in [3.05, 3.63) is 63.5 Å². The molecule has 10 heteroatoms. The molecular weight excluding hydrogens is 489 g/mol. The lowest BCUT2D eigenvalue weighted by atomic mass is 9.95. The number of β-amino-alcohol motifs (C(OH)–C–C–N with tert-alkyl or cyclic N) is 1. The molecule has 2 saturated heterocycles. The Bertz CT molecular complexity index is 1200. The van der Waals surface area contributed by atoms with Crippen LogP contribution in [0.4, 0.5) is 4.39 Å². The Kier molecular flexibility index (Phi) is 7.83. The number of fused-ring (bicyclic) bond motifs is 2.